The van der Waals surface area contributed by atoms with Gasteiger partial charge in [-0.3, -0.25) is 4.79 Å². The summed E-state index contributed by atoms with van der Waals surface area (Å²) in [7, 11) is -3.66. The topological polar surface area (TPSA) is 89.3 Å². The third-order valence-electron chi connectivity index (χ3n) is 3.89. The van der Waals surface area contributed by atoms with E-state index in [1.165, 1.54) is 25.3 Å². The first kappa shape index (κ1) is 16.5. The van der Waals surface area contributed by atoms with Gasteiger partial charge in [-0.1, -0.05) is 19.3 Å². The molecule has 1 aliphatic rings. The Morgan fingerprint density at radius 3 is 2.62 bits per heavy atom. The molecular weight excluding hydrogens is 308 g/mol. The number of hydrogen-bond donors (Lipinski definition) is 2. The van der Waals surface area contributed by atoms with E-state index in [1.807, 2.05) is 6.92 Å². The number of primary sulfonamides is 1. The van der Waals surface area contributed by atoms with E-state index in [2.05, 4.69) is 5.32 Å². The zero-order valence-corrected chi connectivity index (χ0v) is 13.8. The number of amides is 1. The zero-order valence-electron chi connectivity index (χ0n) is 12.2. The molecule has 1 saturated carbocycles. The third kappa shape index (κ3) is 4.79. The number of thiophene rings is 1. The van der Waals surface area contributed by atoms with E-state index in [9.17, 15) is 13.2 Å². The largest absolute Gasteiger partial charge is 0.349 e. The van der Waals surface area contributed by atoms with Crippen LogP contribution in [0.2, 0.25) is 0 Å². The predicted octanol–water partition coefficient (Wildman–Crippen LogP) is 2.54. The third-order valence-corrected chi connectivity index (χ3v) is 6.59. The first-order valence-electron chi connectivity index (χ1n) is 7.28. The minimum atomic E-state index is -3.66. The first-order valence-corrected chi connectivity index (χ1v) is 9.64. The van der Waals surface area contributed by atoms with Crippen LogP contribution in [0.3, 0.4) is 0 Å². The summed E-state index contributed by atoms with van der Waals surface area (Å²) in [6.07, 6.45) is 6.55. The molecule has 0 bridgehead atoms. The van der Waals surface area contributed by atoms with Crippen molar-refractivity contribution in [3.8, 4) is 0 Å². The molecule has 0 spiro atoms. The van der Waals surface area contributed by atoms with Crippen LogP contribution in [-0.4, -0.2) is 14.3 Å². The Kier molecular flexibility index (Phi) is 5.40. The molecule has 0 aliphatic heterocycles. The lowest BCUT2D eigenvalue weighted by molar-refractivity contribution is -0.122. The molecule has 118 valence electrons. The Morgan fingerprint density at radius 1 is 1.38 bits per heavy atom. The van der Waals surface area contributed by atoms with Crippen LogP contribution >= 0.6 is 11.3 Å². The molecular formula is C14H22N2O3S2. The molecule has 0 aromatic carbocycles. The maximum Gasteiger partial charge on any atom is 0.247 e. The number of carbonyl (C=O) groups excluding carboxylic acids is 1. The number of rotatable bonds is 5. The van der Waals surface area contributed by atoms with Crippen molar-refractivity contribution in [1.82, 2.24) is 5.32 Å². The van der Waals surface area contributed by atoms with Crippen molar-refractivity contribution in [2.45, 2.75) is 55.7 Å². The second kappa shape index (κ2) is 6.89. The molecule has 1 heterocycles. The lowest BCUT2D eigenvalue weighted by atomic mass is 9.87. The van der Waals surface area contributed by atoms with Crippen molar-refractivity contribution in [1.29, 1.82) is 0 Å². The molecule has 3 N–H and O–H groups in total. The van der Waals surface area contributed by atoms with E-state index in [0.29, 0.717) is 12.3 Å². The van der Waals surface area contributed by atoms with Gasteiger partial charge >= 0.3 is 0 Å². The van der Waals surface area contributed by atoms with Gasteiger partial charge < -0.3 is 5.32 Å². The molecule has 5 nitrogen and oxygen atoms in total. The van der Waals surface area contributed by atoms with Gasteiger partial charge in [0, 0.05) is 11.3 Å². The van der Waals surface area contributed by atoms with Crippen LogP contribution in [0.1, 0.15) is 56.4 Å². The minimum Gasteiger partial charge on any atom is -0.349 e. The fourth-order valence-electron chi connectivity index (χ4n) is 2.75. The average Bonchev–Trinajstić information content (AvgIpc) is 2.89. The molecule has 1 amide bonds. The lowest BCUT2D eigenvalue weighted by Gasteiger charge is -2.22. The van der Waals surface area contributed by atoms with Crippen molar-refractivity contribution in [2.75, 3.05) is 0 Å². The van der Waals surface area contributed by atoms with Gasteiger partial charge in [0.2, 0.25) is 15.9 Å². The van der Waals surface area contributed by atoms with Crippen LogP contribution in [0.5, 0.6) is 0 Å². The summed E-state index contributed by atoms with van der Waals surface area (Å²) in [6, 6.07) is 3.00. The standard InChI is InChI=1S/C14H22N2O3S2/c1-10(12-7-8-14(20-12)21(15,18)19)16-13(17)9-11-5-3-2-4-6-11/h7-8,10-11H,2-6,9H2,1H3,(H,16,17)(H2,15,18,19). The molecule has 1 atom stereocenters. The molecule has 1 aromatic heterocycles. The zero-order chi connectivity index (χ0) is 15.5. The molecule has 2 rings (SSSR count). The summed E-state index contributed by atoms with van der Waals surface area (Å²) in [6.45, 7) is 1.86. The highest BCUT2D eigenvalue weighted by atomic mass is 32.2. The predicted molar refractivity (Wildman–Crippen MR) is 83.4 cm³/mol. The molecule has 0 radical (unpaired) electrons. The second-order valence-electron chi connectivity index (χ2n) is 5.70. The monoisotopic (exact) mass is 330 g/mol. The van der Waals surface area contributed by atoms with E-state index < -0.39 is 10.0 Å². The van der Waals surface area contributed by atoms with Gasteiger partial charge in [0.05, 0.1) is 6.04 Å². The number of hydrogen-bond acceptors (Lipinski definition) is 4. The van der Waals surface area contributed by atoms with E-state index in [1.54, 1.807) is 6.07 Å². The Morgan fingerprint density at radius 2 is 2.05 bits per heavy atom. The SMILES string of the molecule is CC(NC(=O)CC1CCCCC1)c1ccc(S(N)(=O)=O)s1. The first-order chi connectivity index (χ1) is 9.86. The maximum absolute atomic E-state index is 12.0. The maximum atomic E-state index is 12.0. The van der Waals surface area contributed by atoms with Crippen LogP contribution in [0.4, 0.5) is 0 Å². The van der Waals surface area contributed by atoms with Crippen LogP contribution < -0.4 is 10.5 Å². The van der Waals surface area contributed by atoms with Gasteiger partial charge in [-0.15, -0.1) is 11.3 Å². The minimum absolute atomic E-state index is 0.0416. The summed E-state index contributed by atoms with van der Waals surface area (Å²) < 4.78 is 22.6. The number of carbonyl (C=O) groups is 1. The summed E-state index contributed by atoms with van der Waals surface area (Å²) >= 11 is 1.11. The molecule has 1 aliphatic carbocycles. The van der Waals surface area contributed by atoms with Crippen molar-refractivity contribution >= 4 is 27.3 Å². The number of sulfonamides is 1. The highest BCUT2D eigenvalue weighted by molar-refractivity contribution is 7.91. The molecule has 1 unspecified atom stereocenters. The van der Waals surface area contributed by atoms with Crippen LogP contribution in [0, 0.1) is 5.92 Å². The van der Waals surface area contributed by atoms with Gasteiger partial charge in [-0.05, 0) is 37.8 Å². The quantitative estimate of drug-likeness (QED) is 0.869. The normalized spacial score (nSPS) is 18.4. The van der Waals surface area contributed by atoms with Gasteiger partial charge in [0.15, 0.2) is 0 Å². The Bertz CT molecular complexity index is 589. The fourth-order valence-corrected chi connectivity index (χ4v) is 4.50. The van der Waals surface area contributed by atoms with Crippen LogP contribution in [0.15, 0.2) is 16.3 Å². The van der Waals surface area contributed by atoms with Gasteiger partial charge in [-0.2, -0.15) is 0 Å². The summed E-state index contributed by atoms with van der Waals surface area (Å²) in [5, 5.41) is 8.03. The van der Waals surface area contributed by atoms with Gasteiger partial charge in [-0.25, -0.2) is 13.6 Å². The van der Waals surface area contributed by atoms with Crippen LogP contribution in [0.25, 0.3) is 0 Å². The molecule has 7 heteroatoms. The van der Waals surface area contributed by atoms with E-state index in [-0.39, 0.29) is 16.2 Å². The molecule has 1 fully saturated rings. The molecule has 21 heavy (non-hydrogen) atoms. The lowest BCUT2D eigenvalue weighted by Crippen LogP contribution is -2.28. The second-order valence-corrected chi connectivity index (χ2v) is 8.60. The van der Waals surface area contributed by atoms with E-state index in [4.69, 9.17) is 5.14 Å². The van der Waals surface area contributed by atoms with Gasteiger partial charge in [0.25, 0.3) is 0 Å². The summed E-state index contributed by atoms with van der Waals surface area (Å²) in [5.41, 5.74) is 0. The summed E-state index contributed by atoms with van der Waals surface area (Å²) in [4.78, 5) is 12.9. The Hall–Kier alpha value is -0.920. The van der Waals surface area contributed by atoms with Gasteiger partial charge in [0.1, 0.15) is 4.21 Å². The fraction of sp³-hybridized carbons (Fsp3) is 0.643. The van der Waals surface area contributed by atoms with Crippen molar-refractivity contribution < 1.29 is 13.2 Å². The average molecular weight is 330 g/mol. The Balaban J connectivity index is 1.89. The van der Waals surface area contributed by atoms with E-state index in [0.717, 1.165) is 29.1 Å². The highest BCUT2D eigenvalue weighted by Crippen LogP contribution is 2.28. The Labute approximate surface area is 130 Å². The number of nitrogens with one attached hydrogen (secondary N) is 1. The number of nitrogens with two attached hydrogens (primary N) is 1. The van der Waals surface area contributed by atoms with Crippen LogP contribution in [-0.2, 0) is 14.8 Å². The van der Waals surface area contributed by atoms with Crippen molar-refractivity contribution in [3.63, 3.8) is 0 Å². The molecule has 1 aromatic rings. The van der Waals surface area contributed by atoms with Crippen molar-refractivity contribution in [2.24, 2.45) is 11.1 Å². The molecule has 0 saturated heterocycles. The summed E-state index contributed by atoms with van der Waals surface area (Å²) in [5.74, 6) is 0.536. The van der Waals surface area contributed by atoms with Crippen molar-refractivity contribution in [3.05, 3.63) is 17.0 Å². The smallest absolute Gasteiger partial charge is 0.247 e. The highest BCUT2D eigenvalue weighted by Gasteiger charge is 2.20. The van der Waals surface area contributed by atoms with E-state index >= 15 is 0 Å².